The topological polar surface area (TPSA) is 89.9 Å². The van der Waals surface area contributed by atoms with Crippen molar-refractivity contribution >= 4 is 11.6 Å². The van der Waals surface area contributed by atoms with Gasteiger partial charge in [-0.05, 0) is 73.1 Å². The van der Waals surface area contributed by atoms with Gasteiger partial charge >= 0.3 is 0 Å². The summed E-state index contributed by atoms with van der Waals surface area (Å²) in [4.78, 5) is 16.8. The molecule has 9 nitrogen and oxygen atoms in total. The largest absolute Gasteiger partial charge is 0.493 e. The van der Waals surface area contributed by atoms with Crippen molar-refractivity contribution in [2.24, 2.45) is 0 Å². The number of aliphatic hydroxyl groups is 1. The fraction of sp³-hybridized carbons (Fsp3) is 0.367. The molecule has 0 radical (unpaired) electrons. The number of fused-ring (bicyclic) bond motifs is 1. The number of amides is 1. The van der Waals surface area contributed by atoms with Gasteiger partial charge in [-0.2, -0.15) is 0 Å². The van der Waals surface area contributed by atoms with Crippen LogP contribution in [0.3, 0.4) is 0 Å². The van der Waals surface area contributed by atoms with E-state index in [-0.39, 0.29) is 12.5 Å². The van der Waals surface area contributed by atoms with Gasteiger partial charge in [0.25, 0.3) is 5.91 Å². The van der Waals surface area contributed by atoms with E-state index in [4.69, 9.17) is 23.7 Å². The molecular weight excluding hydrogens is 500 g/mol. The zero-order chi connectivity index (χ0) is 27.9. The van der Waals surface area contributed by atoms with Gasteiger partial charge in [0.1, 0.15) is 18.5 Å². The zero-order valence-corrected chi connectivity index (χ0v) is 23.1. The number of methoxy groups -OCH3 is 4. The number of ether oxygens (including phenoxy) is 5. The van der Waals surface area contributed by atoms with E-state index in [9.17, 15) is 9.90 Å². The third-order valence-corrected chi connectivity index (χ3v) is 6.76. The quantitative estimate of drug-likeness (QED) is 0.353. The highest BCUT2D eigenvalue weighted by atomic mass is 16.5. The lowest BCUT2D eigenvalue weighted by molar-refractivity contribution is 0.0767. The van der Waals surface area contributed by atoms with Gasteiger partial charge in [0.2, 0.25) is 0 Å². The van der Waals surface area contributed by atoms with Crippen LogP contribution in [0.15, 0.2) is 54.6 Å². The summed E-state index contributed by atoms with van der Waals surface area (Å²) in [5.74, 6) is 3.06. The Balaban J connectivity index is 1.26. The molecule has 1 atom stereocenters. The van der Waals surface area contributed by atoms with Crippen molar-refractivity contribution in [3.63, 3.8) is 0 Å². The molecule has 1 unspecified atom stereocenters. The molecule has 0 saturated heterocycles. The number of carbonyl (C=O) groups is 1. The first kappa shape index (κ1) is 28.1. The van der Waals surface area contributed by atoms with Gasteiger partial charge in [0, 0.05) is 24.3 Å². The first-order valence-corrected chi connectivity index (χ1v) is 12.7. The van der Waals surface area contributed by atoms with Crippen LogP contribution in [0.4, 0.5) is 5.69 Å². The standard InChI is InChI=1S/C30H36N2O7/c1-31(13-12-20-6-11-26(35-2)27(14-20)36-3)18-23(33)19-39-24-9-7-22(8-10-24)32-17-21-15-28(37-4)29(38-5)16-25(21)30(32)34/h6-11,14-16,23,33H,12-13,17-19H2,1-5H3. The Bertz CT molecular complexity index is 1280. The molecule has 0 aromatic heterocycles. The second kappa shape index (κ2) is 12.7. The highest BCUT2D eigenvalue weighted by molar-refractivity contribution is 6.10. The number of aliphatic hydroxyl groups excluding tert-OH is 1. The summed E-state index contributed by atoms with van der Waals surface area (Å²) >= 11 is 0. The lowest BCUT2D eigenvalue weighted by Gasteiger charge is -2.21. The Morgan fingerprint density at radius 2 is 1.51 bits per heavy atom. The van der Waals surface area contributed by atoms with Gasteiger partial charge in [-0.3, -0.25) is 4.79 Å². The number of carbonyl (C=O) groups excluding carboxylic acids is 1. The summed E-state index contributed by atoms with van der Waals surface area (Å²) in [7, 11) is 8.33. The normalized spacial score (nSPS) is 13.3. The minimum absolute atomic E-state index is 0.0915. The molecule has 0 aliphatic carbocycles. The third-order valence-electron chi connectivity index (χ3n) is 6.76. The van der Waals surface area contributed by atoms with Crippen LogP contribution in [-0.2, 0) is 13.0 Å². The first-order valence-electron chi connectivity index (χ1n) is 12.7. The zero-order valence-electron chi connectivity index (χ0n) is 23.1. The van der Waals surface area contributed by atoms with Gasteiger partial charge < -0.3 is 38.6 Å². The van der Waals surface area contributed by atoms with Crippen LogP contribution in [0.25, 0.3) is 0 Å². The predicted octanol–water partition coefficient (Wildman–Crippen LogP) is 3.80. The Morgan fingerprint density at radius 3 is 2.18 bits per heavy atom. The average molecular weight is 537 g/mol. The second-order valence-electron chi connectivity index (χ2n) is 9.42. The average Bonchev–Trinajstić information content (AvgIpc) is 3.29. The number of anilines is 1. The van der Waals surface area contributed by atoms with Crippen molar-refractivity contribution in [3.8, 4) is 28.7 Å². The van der Waals surface area contributed by atoms with Crippen LogP contribution in [0, 0.1) is 0 Å². The molecule has 208 valence electrons. The van der Waals surface area contributed by atoms with Gasteiger partial charge in [-0.25, -0.2) is 0 Å². The SMILES string of the molecule is COc1ccc(CCN(C)CC(O)COc2ccc(N3Cc4cc(OC)c(OC)cc4C3=O)cc2)cc1OC. The van der Waals surface area contributed by atoms with Crippen molar-refractivity contribution < 1.29 is 33.6 Å². The Hall–Kier alpha value is -3.95. The van der Waals surface area contributed by atoms with E-state index in [0.29, 0.717) is 47.4 Å². The molecule has 1 amide bonds. The Kier molecular flexibility index (Phi) is 9.16. The maximum absolute atomic E-state index is 13.0. The summed E-state index contributed by atoms with van der Waals surface area (Å²) in [6.07, 6.45) is 0.157. The molecule has 0 fully saturated rings. The minimum atomic E-state index is -0.653. The molecule has 1 heterocycles. The van der Waals surface area contributed by atoms with E-state index in [0.717, 1.165) is 29.8 Å². The number of hydrogen-bond acceptors (Lipinski definition) is 8. The molecule has 1 aliphatic rings. The van der Waals surface area contributed by atoms with Crippen molar-refractivity contribution in [1.29, 1.82) is 0 Å². The van der Waals surface area contributed by atoms with E-state index < -0.39 is 6.10 Å². The monoisotopic (exact) mass is 536 g/mol. The van der Waals surface area contributed by atoms with Crippen molar-refractivity contribution in [2.75, 3.05) is 60.1 Å². The summed E-state index contributed by atoms with van der Waals surface area (Å²) in [6, 6.07) is 16.7. The van der Waals surface area contributed by atoms with Gasteiger partial charge in [0.05, 0.1) is 35.0 Å². The molecule has 1 N–H and O–H groups in total. The highest BCUT2D eigenvalue weighted by Gasteiger charge is 2.30. The Labute approximate surface area is 229 Å². The van der Waals surface area contributed by atoms with Crippen LogP contribution in [-0.4, -0.2) is 77.2 Å². The molecule has 3 aromatic rings. The number of hydrogen-bond donors (Lipinski definition) is 1. The molecule has 0 bridgehead atoms. The molecule has 9 heteroatoms. The van der Waals surface area contributed by atoms with Crippen LogP contribution in [0.2, 0.25) is 0 Å². The maximum Gasteiger partial charge on any atom is 0.259 e. The van der Waals surface area contributed by atoms with Gasteiger partial charge in [-0.1, -0.05) is 6.07 Å². The summed E-state index contributed by atoms with van der Waals surface area (Å²) < 4.78 is 27.2. The lowest BCUT2D eigenvalue weighted by atomic mass is 10.1. The van der Waals surface area contributed by atoms with E-state index in [1.807, 2.05) is 43.4 Å². The summed E-state index contributed by atoms with van der Waals surface area (Å²) in [5, 5.41) is 10.5. The fourth-order valence-corrected chi connectivity index (χ4v) is 4.62. The third kappa shape index (κ3) is 6.55. The van der Waals surface area contributed by atoms with Gasteiger partial charge in [0.15, 0.2) is 23.0 Å². The van der Waals surface area contributed by atoms with Crippen LogP contribution >= 0.6 is 0 Å². The van der Waals surface area contributed by atoms with Crippen LogP contribution < -0.4 is 28.6 Å². The predicted molar refractivity (Wildman–Crippen MR) is 149 cm³/mol. The smallest absolute Gasteiger partial charge is 0.259 e. The maximum atomic E-state index is 13.0. The van der Waals surface area contributed by atoms with E-state index >= 15 is 0 Å². The Morgan fingerprint density at radius 1 is 0.872 bits per heavy atom. The molecule has 0 spiro atoms. The fourth-order valence-electron chi connectivity index (χ4n) is 4.62. The molecule has 3 aromatic carbocycles. The molecule has 0 saturated carbocycles. The number of likely N-dealkylation sites (N-methyl/N-ethyl adjacent to an activating group) is 1. The van der Waals surface area contributed by atoms with Crippen molar-refractivity contribution in [3.05, 3.63) is 71.3 Å². The molecular formula is C30H36N2O7. The van der Waals surface area contributed by atoms with Crippen LogP contribution in [0.1, 0.15) is 21.5 Å². The lowest BCUT2D eigenvalue weighted by Crippen LogP contribution is -2.34. The van der Waals surface area contributed by atoms with Crippen molar-refractivity contribution in [1.82, 2.24) is 4.90 Å². The molecule has 4 rings (SSSR count). The highest BCUT2D eigenvalue weighted by Crippen LogP contribution is 2.37. The molecule has 1 aliphatic heterocycles. The van der Waals surface area contributed by atoms with Crippen LogP contribution in [0.5, 0.6) is 28.7 Å². The molecule has 39 heavy (non-hydrogen) atoms. The summed E-state index contributed by atoms with van der Waals surface area (Å²) in [5.41, 5.74) is 3.38. The second-order valence-corrected chi connectivity index (χ2v) is 9.42. The van der Waals surface area contributed by atoms with Crippen molar-refractivity contribution in [2.45, 2.75) is 19.1 Å². The first-order chi connectivity index (χ1) is 18.9. The minimum Gasteiger partial charge on any atom is -0.493 e. The van der Waals surface area contributed by atoms with E-state index in [1.54, 1.807) is 51.5 Å². The van der Waals surface area contributed by atoms with E-state index in [2.05, 4.69) is 4.90 Å². The number of benzene rings is 3. The van der Waals surface area contributed by atoms with Gasteiger partial charge in [-0.15, -0.1) is 0 Å². The van der Waals surface area contributed by atoms with E-state index in [1.165, 1.54) is 0 Å². The number of rotatable bonds is 13. The number of nitrogens with zero attached hydrogens (tertiary/aromatic N) is 2. The summed E-state index contributed by atoms with van der Waals surface area (Å²) in [6.45, 7) is 1.85.